The van der Waals surface area contributed by atoms with Crippen molar-refractivity contribution in [1.29, 1.82) is 5.41 Å². The molecule has 0 fully saturated rings. The van der Waals surface area contributed by atoms with Gasteiger partial charge < -0.3 is 9.07 Å². The number of nitrogens with one attached hydrogen (secondary N) is 1. The zero-order chi connectivity index (χ0) is 11.0. The summed E-state index contributed by atoms with van der Waals surface area (Å²) in [4.78, 5) is 0. The van der Waals surface area contributed by atoms with Gasteiger partial charge in [0.15, 0.2) is 0 Å². The molecule has 78 valence electrons. The average Bonchev–Trinajstić information content (AvgIpc) is 2.53. The third-order valence-corrected chi connectivity index (χ3v) is 2.93. The third kappa shape index (κ3) is 1.64. The Kier molecular flexibility index (Phi) is 2.49. The van der Waals surface area contributed by atoms with E-state index in [1.165, 1.54) is 12.7 Å². The number of benzene rings is 1. The van der Waals surface area contributed by atoms with Gasteiger partial charge in [0.25, 0.3) is 0 Å². The lowest BCUT2D eigenvalue weighted by atomic mass is 10.1. The predicted molar refractivity (Wildman–Crippen MR) is 65.6 cm³/mol. The molecule has 0 radical (unpaired) electrons. The Morgan fingerprint density at radius 3 is 2.87 bits per heavy atom. The van der Waals surface area contributed by atoms with Crippen LogP contribution < -0.4 is 0 Å². The standard InChI is InChI=1S/C11H13N2OP/c1-7-6-13(15)10-4-3-8(5-9(7)10)11(12)14-2/h3-6,12H,15H2,1-2H3. The fraction of sp³-hybridized carbons (Fsp3) is 0.182. The molecular formula is C11H13N2OP. The first-order valence-corrected chi connectivity index (χ1v) is 5.15. The predicted octanol–water partition coefficient (Wildman–Crippen LogP) is 2.56. The summed E-state index contributed by atoms with van der Waals surface area (Å²) >= 11 is 0. The van der Waals surface area contributed by atoms with Crippen LogP contribution >= 0.6 is 9.39 Å². The van der Waals surface area contributed by atoms with Crippen molar-refractivity contribution in [3.63, 3.8) is 0 Å². The molecule has 0 aliphatic carbocycles. The molecule has 0 saturated carbocycles. The number of aromatic nitrogens is 1. The molecule has 1 atom stereocenters. The first-order chi connectivity index (χ1) is 7.13. The minimum Gasteiger partial charge on any atom is -0.481 e. The topological polar surface area (TPSA) is 38.0 Å². The molecular weight excluding hydrogens is 207 g/mol. The van der Waals surface area contributed by atoms with Gasteiger partial charge >= 0.3 is 0 Å². The van der Waals surface area contributed by atoms with Crippen LogP contribution in [0.1, 0.15) is 11.1 Å². The second kappa shape index (κ2) is 3.67. The van der Waals surface area contributed by atoms with E-state index >= 15 is 0 Å². The number of aryl methyl sites for hydroxylation is 1. The average molecular weight is 220 g/mol. The first kappa shape index (κ1) is 10.2. The highest BCUT2D eigenvalue weighted by atomic mass is 31.0. The van der Waals surface area contributed by atoms with Crippen molar-refractivity contribution in [3.05, 3.63) is 35.5 Å². The van der Waals surface area contributed by atoms with Crippen molar-refractivity contribution < 1.29 is 4.74 Å². The Bertz CT molecular complexity index is 531. The smallest absolute Gasteiger partial charge is 0.212 e. The molecule has 4 heteroatoms. The number of methoxy groups -OCH3 is 1. The molecule has 0 aliphatic heterocycles. The normalized spacial score (nSPS) is 10.6. The molecule has 1 aromatic heterocycles. The van der Waals surface area contributed by atoms with Crippen LogP contribution in [0.5, 0.6) is 0 Å². The number of ether oxygens (including phenoxy) is 1. The maximum absolute atomic E-state index is 7.60. The highest BCUT2D eigenvalue weighted by Crippen LogP contribution is 2.23. The van der Waals surface area contributed by atoms with E-state index < -0.39 is 0 Å². The third-order valence-electron chi connectivity index (χ3n) is 2.50. The molecule has 0 spiro atoms. The van der Waals surface area contributed by atoms with Crippen molar-refractivity contribution in [2.45, 2.75) is 6.92 Å². The molecule has 0 amide bonds. The Labute approximate surface area is 90.8 Å². The van der Waals surface area contributed by atoms with Crippen LogP contribution in [0, 0.1) is 12.3 Å². The minimum absolute atomic E-state index is 0.202. The van der Waals surface area contributed by atoms with E-state index in [0.717, 1.165) is 16.5 Å². The van der Waals surface area contributed by atoms with Crippen molar-refractivity contribution in [2.75, 3.05) is 7.11 Å². The van der Waals surface area contributed by atoms with Gasteiger partial charge in [0, 0.05) is 17.1 Å². The second-order valence-electron chi connectivity index (χ2n) is 3.48. The van der Waals surface area contributed by atoms with Gasteiger partial charge in [0.05, 0.1) is 12.6 Å². The molecule has 1 heterocycles. The summed E-state index contributed by atoms with van der Waals surface area (Å²) in [6.45, 7) is 2.06. The zero-order valence-corrected chi connectivity index (χ0v) is 9.90. The summed E-state index contributed by atoms with van der Waals surface area (Å²) in [6.07, 6.45) is 2.05. The van der Waals surface area contributed by atoms with Crippen LogP contribution in [0.3, 0.4) is 0 Å². The Hall–Kier alpha value is -1.34. The van der Waals surface area contributed by atoms with Crippen LogP contribution in [0.4, 0.5) is 0 Å². The first-order valence-electron chi connectivity index (χ1n) is 4.63. The lowest BCUT2D eigenvalue weighted by Crippen LogP contribution is -2.00. The second-order valence-corrected chi connectivity index (χ2v) is 4.04. The fourth-order valence-electron chi connectivity index (χ4n) is 1.68. The van der Waals surface area contributed by atoms with E-state index in [2.05, 4.69) is 22.5 Å². The van der Waals surface area contributed by atoms with Crippen LogP contribution in [-0.2, 0) is 4.74 Å². The summed E-state index contributed by atoms with van der Waals surface area (Å²) in [5.74, 6) is 0.202. The van der Waals surface area contributed by atoms with Crippen molar-refractivity contribution >= 4 is 26.2 Å². The van der Waals surface area contributed by atoms with Gasteiger partial charge in [-0.05, 0) is 40.1 Å². The Morgan fingerprint density at radius 1 is 1.47 bits per heavy atom. The van der Waals surface area contributed by atoms with Gasteiger partial charge in [-0.15, -0.1) is 0 Å². The van der Waals surface area contributed by atoms with E-state index in [9.17, 15) is 0 Å². The van der Waals surface area contributed by atoms with E-state index in [0.29, 0.717) is 0 Å². The summed E-state index contributed by atoms with van der Waals surface area (Å²) in [6, 6.07) is 5.88. The summed E-state index contributed by atoms with van der Waals surface area (Å²) in [5.41, 5.74) is 3.15. The van der Waals surface area contributed by atoms with E-state index in [-0.39, 0.29) is 5.90 Å². The quantitative estimate of drug-likeness (QED) is 0.447. The van der Waals surface area contributed by atoms with Gasteiger partial charge in [-0.1, -0.05) is 0 Å². The highest BCUT2D eigenvalue weighted by molar-refractivity contribution is 7.14. The van der Waals surface area contributed by atoms with Crippen molar-refractivity contribution in [3.8, 4) is 0 Å². The van der Waals surface area contributed by atoms with Gasteiger partial charge in [0.2, 0.25) is 5.90 Å². The summed E-state index contributed by atoms with van der Waals surface area (Å²) < 4.78 is 6.91. The van der Waals surface area contributed by atoms with Crippen LogP contribution in [-0.4, -0.2) is 17.3 Å². The molecule has 2 rings (SSSR count). The Balaban J connectivity index is 2.65. The number of fused-ring (bicyclic) bond motifs is 1. The van der Waals surface area contributed by atoms with Gasteiger partial charge in [-0.25, -0.2) is 0 Å². The molecule has 3 nitrogen and oxygen atoms in total. The number of rotatable bonds is 1. The minimum atomic E-state index is 0.202. The maximum atomic E-state index is 7.60. The number of nitrogens with zero attached hydrogens (tertiary/aromatic N) is 1. The van der Waals surface area contributed by atoms with Crippen LogP contribution in [0.15, 0.2) is 24.4 Å². The van der Waals surface area contributed by atoms with Crippen molar-refractivity contribution in [2.24, 2.45) is 0 Å². The van der Waals surface area contributed by atoms with Crippen LogP contribution in [0.25, 0.3) is 10.9 Å². The largest absolute Gasteiger partial charge is 0.481 e. The molecule has 0 saturated heterocycles. The molecule has 0 bridgehead atoms. The number of hydrogen-bond donors (Lipinski definition) is 1. The van der Waals surface area contributed by atoms with Crippen molar-refractivity contribution in [1.82, 2.24) is 4.34 Å². The van der Waals surface area contributed by atoms with E-state index in [1.54, 1.807) is 0 Å². The SMILES string of the molecule is COC(=N)c1ccc2c(c1)c(C)cn2P. The number of hydrogen-bond acceptors (Lipinski definition) is 2. The molecule has 1 aromatic carbocycles. The molecule has 1 N–H and O–H groups in total. The van der Waals surface area contributed by atoms with E-state index in [4.69, 9.17) is 10.1 Å². The maximum Gasteiger partial charge on any atom is 0.212 e. The zero-order valence-electron chi connectivity index (χ0n) is 8.74. The van der Waals surface area contributed by atoms with Crippen LogP contribution in [0.2, 0.25) is 0 Å². The van der Waals surface area contributed by atoms with Gasteiger partial charge in [-0.3, -0.25) is 5.41 Å². The highest BCUT2D eigenvalue weighted by Gasteiger charge is 2.06. The molecule has 2 aromatic rings. The molecule has 15 heavy (non-hydrogen) atoms. The van der Waals surface area contributed by atoms with Gasteiger partial charge in [-0.2, -0.15) is 0 Å². The molecule has 1 unspecified atom stereocenters. The Morgan fingerprint density at radius 2 is 2.20 bits per heavy atom. The summed E-state index contributed by atoms with van der Waals surface area (Å²) in [5, 5.41) is 8.75. The van der Waals surface area contributed by atoms with E-state index in [1.807, 2.05) is 22.5 Å². The monoisotopic (exact) mass is 220 g/mol. The lowest BCUT2D eigenvalue weighted by molar-refractivity contribution is 0.401. The van der Waals surface area contributed by atoms with Gasteiger partial charge in [0.1, 0.15) is 0 Å². The summed E-state index contributed by atoms with van der Waals surface area (Å²) in [7, 11) is 4.16. The lowest BCUT2D eigenvalue weighted by Gasteiger charge is -2.03. The fourth-order valence-corrected chi connectivity index (χ4v) is 2.13. The molecule has 0 aliphatic rings.